The van der Waals surface area contributed by atoms with Gasteiger partial charge in [-0.3, -0.25) is 4.79 Å². The second-order valence-corrected chi connectivity index (χ2v) is 4.78. The van der Waals surface area contributed by atoms with Crippen LogP contribution in [-0.2, 0) is 9.53 Å². The van der Waals surface area contributed by atoms with Crippen molar-refractivity contribution in [2.75, 3.05) is 19.7 Å². The Balaban J connectivity index is 2.14. The highest BCUT2D eigenvalue weighted by Crippen LogP contribution is 2.45. The van der Waals surface area contributed by atoms with Crippen LogP contribution in [0.1, 0.15) is 39.0 Å². The van der Waals surface area contributed by atoms with E-state index < -0.39 is 0 Å². The fourth-order valence-corrected chi connectivity index (χ4v) is 3.17. The lowest BCUT2D eigenvalue weighted by molar-refractivity contribution is -0.163. The predicted octanol–water partition coefficient (Wildman–Crippen LogP) is 1.72. The topological polar surface area (TPSA) is 38.3 Å². The quantitative estimate of drug-likeness (QED) is 0.707. The van der Waals surface area contributed by atoms with Crippen LogP contribution in [-0.4, -0.2) is 25.7 Å². The van der Waals surface area contributed by atoms with Gasteiger partial charge in [-0.15, -0.1) is 0 Å². The molecule has 2 fully saturated rings. The first-order valence-corrected chi connectivity index (χ1v) is 6.17. The smallest absolute Gasteiger partial charge is 0.313 e. The molecule has 0 aromatic heterocycles. The Morgan fingerprint density at radius 3 is 3.13 bits per heavy atom. The molecule has 1 N–H and O–H groups in total. The summed E-state index contributed by atoms with van der Waals surface area (Å²) in [6.07, 6.45) is 5.83. The third-order valence-corrected chi connectivity index (χ3v) is 4.00. The molecule has 1 aliphatic carbocycles. The third-order valence-electron chi connectivity index (χ3n) is 4.00. The van der Waals surface area contributed by atoms with Crippen LogP contribution >= 0.6 is 0 Å². The summed E-state index contributed by atoms with van der Waals surface area (Å²) in [7, 11) is 0. The Hall–Kier alpha value is -0.570. The number of carbonyl (C=O) groups excluding carboxylic acids is 1. The Kier molecular flexibility index (Phi) is 3.29. The molecule has 0 spiro atoms. The van der Waals surface area contributed by atoms with Gasteiger partial charge in [0.15, 0.2) is 0 Å². The lowest BCUT2D eigenvalue weighted by atomic mass is 9.63. The molecule has 86 valence electrons. The van der Waals surface area contributed by atoms with Gasteiger partial charge in [0, 0.05) is 6.54 Å². The molecule has 0 aromatic carbocycles. The molecule has 1 saturated carbocycles. The largest absolute Gasteiger partial charge is 0.466 e. The summed E-state index contributed by atoms with van der Waals surface area (Å²) in [6, 6.07) is 0. The van der Waals surface area contributed by atoms with Gasteiger partial charge in [0.2, 0.25) is 0 Å². The van der Waals surface area contributed by atoms with Crippen LogP contribution in [0.4, 0.5) is 0 Å². The van der Waals surface area contributed by atoms with Crippen LogP contribution < -0.4 is 5.32 Å². The number of carbonyl (C=O) groups is 1. The lowest BCUT2D eigenvalue weighted by Gasteiger charge is -2.45. The highest BCUT2D eigenvalue weighted by atomic mass is 16.5. The Morgan fingerprint density at radius 1 is 1.47 bits per heavy atom. The van der Waals surface area contributed by atoms with Crippen molar-refractivity contribution in [2.24, 2.45) is 11.3 Å². The number of piperidine rings is 1. The molecule has 0 radical (unpaired) electrons. The summed E-state index contributed by atoms with van der Waals surface area (Å²) in [6.45, 7) is 4.29. The minimum absolute atomic E-state index is 0.0434. The van der Waals surface area contributed by atoms with E-state index in [-0.39, 0.29) is 11.4 Å². The van der Waals surface area contributed by atoms with E-state index in [2.05, 4.69) is 5.32 Å². The van der Waals surface area contributed by atoms with Gasteiger partial charge < -0.3 is 10.1 Å². The van der Waals surface area contributed by atoms with E-state index in [0.29, 0.717) is 12.5 Å². The second-order valence-electron chi connectivity index (χ2n) is 4.78. The van der Waals surface area contributed by atoms with Gasteiger partial charge in [0.25, 0.3) is 0 Å². The number of hydrogen-bond donors (Lipinski definition) is 1. The zero-order valence-electron chi connectivity index (χ0n) is 9.55. The van der Waals surface area contributed by atoms with Crippen molar-refractivity contribution in [3.63, 3.8) is 0 Å². The fraction of sp³-hybridized carbons (Fsp3) is 0.917. The number of nitrogens with one attached hydrogen (secondary N) is 1. The van der Waals surface area contributed by atoms with Gasteiger partial charge in [-0.25, -0.2) is 0 Å². The predicted molar refractivity (Wildman–Crippen MR) is 58.5 cm³/mol. The van der Waals surface area contributed by atoms with Crippen LogP contribution in [0.5, 0.6) is 0 Å². The highest BCUT2D eigenvalue weighted by Gasteiger charge is 2.49. The molecule has 1 aliphatic heterocycles. The number of esters is 1. The summed E-state index contributed by atoms with van der Waals surface area (Å²) in [5.74, 6) is 0.605. The summed E-state index contributed by atoms with van der Waals surface area (Å²) in [4.78, 5) is 12.1. The van der Waals surface area contributed by atoms with E-state index >= 15 is 0 Å². The van der Waals surface area contributed by atoms with Crippen molar-refractivity contribution in [3.8, 4) is 0 Å². The van der Waals surface area contributed by atoms with Crippen molar-refractivity contribution >= 4 is 5.97 Å². The van der Waals surface area contributed by atoms with E-state index in [4.69, 9.17) is 4.74 Å². The minimum Gasteiger partial charge on any atom is -0.466 e. The van der Waals surface area contributed by atoms with E-state index in [1.165, 1.54) is 19.3 Å². The molecule has 1 saturated heterocycles. The summed E-state index contributed by atoms with van der Waals surface area (Å²) < 4.78 is 5.26. The zero-order valence-corrected chi connectivity index (χ0v) is 9.55. The van der Waals surface area contributed by atoms with Crippen molar-refractivity contribution in [1.82, 2.24) is 5.32 Å². The normalized spacial score (nSPS) is 35.7. The van der Waals surface area contributed by atoms with E-state index in [0.717, 1.165) is 25.9 Å². The van der Waals surface area contributed by atoms with Crippen LogP contribution in [0.2, 0.25) is 0 Å². The molecule has 1 heterocycles. The number of hydrogen-bond acceptors (Lipinski definition) is 3. The molecule has 2 atom stereocenters. The molecule has 2 rings (SSSR count). The third kappa shape index (κ3) is 1.89. The minimum atomic E-state index is -0.188. The molecule has 3 heteroatoms. The Labute approximate surface area is 91.6 Å². The van der Waals surface area contributed by atoms with Crippen LogP contribution in [0.3, 0.4) is 0 Å². The summed E-state index contributed by atoms with van der Waals surface area (Å²) >= 11 is 0. The maximum absolute atomic E-state index is 12.1. The molecular weight excluding hydrogens is 190 g/mol. The van der Waals surface area contributed by atoms with Gasteiger partial charge in [0.05, 0.1) is 12.0 Å². The summed E-state index contributed by atoms with van der Waals surface area (Å²) in [5, 5.41) is 3.36. The zero-order chi connectivity index (χ0) is 10.7. The monoisotopic (exact) mass is 211 g/mol. The number of fused-ring (bicyclic) bond motifs is 1. The molecule has 0 aromatic rings. The van der Waals surface area contributed by atoms with Gasteiger partial charge in [-0.05, 0) is 38.6 Å². The molecule has 0 amide bonds. The molecule has 0 bridgehead atoms. The van der Waals surface area contributed by atoms with Crippen molar-refractivity contribution in [3.05, 3.63) is 0 Å². The molecule has 2 aliphatic rings. The first-order chi connectivity index (χ1) is 7.29. The lowest BCUT2D eigenvalue weighted by Crippen LogP contribution is -2.53. The van der Waals surface area contributed by atoms with Crippen molar-refractivity contribution in [1.29, 1.82) is 0 Å². The van der Waals surface area contributed by atoms with Crippen LogP contribution in [0.15, 0.2) is 0 Å². The van der Waals surface area contributed by atoms with E-state index in [9.17, 15) is 4.79 Å². The van der Waals surface area contributed by atoms with Gasteiger partial charge >= 0.3 is 5.97 Å². The Bertz CT molecular complexity index is 228. The number of ether oxygens (including phenoxy) is 1. The standard InChI is InChI=1S/C12H21NO2/c1-2-15-11(14)12-7-4-3-5-10(12)6-8-13-9-12/h10,13H,2-9H2,1H3. The molecule has 3 nitrogen and oxygen atoms in total. The van der Waals surface area contributed by atoms with E-state index in [1.807, 2.05) is 6.92 Å². The molecular formula is C12H21NO2. The maximum atomic E-state index is 12.1. The molecule has 15 heavy (non-hydrogen) atoms. The fourth-order valence-electron chi connectivity index (χ4n) is 3.17. The van der Waals surface area contributed by atoms with Crippen molar-refractivity contribution in [2.45, 2.75) is 39.0 Å². The summed E-state index contributed by atoms with van der Waals surface area (Å²) in [5.41, 5.74) is -0.188. The number of rotatable bonds is 2. The SMILES string of the molecule is CCOC(=O)C12CCCCC1CCNC2. The first kappa shape index (κ1) is 10.9. The molecule has 2 unspecified atom stereocenters. The average molecular weight is 211 g/mol. The van der Waals surface area contributed by atoms with Crippen LogP contribution in [0, 0.1) is 11.3 Å². The first-order valence-electron chi connectivity index (χ1n) is 6.17. The maximum Gasteiger partial charge on any atom is 0.313 e. The highest BCUT2D eigenvalue weighted by molar-refractivity contribution is 5.78. The second kappa shape index (κ2) is 4.52. The van der Waals surface area contributed by atoms with E-state index in [1.54, 1.807) is 0 Å². The van der Waals surface area contributed by atoms with Gasteiger partial charge in [0.1, 0.15) is 0 Å². The average Bonchev–Trinajstić information content (AvgIpc) is 2.29. The van der Waals surface area contributed by atoms with Gasteiger partial charge in [-0.1, -0.05) is 12.8 Å². The van der Waals surface area contributed by atoms with Gasteiger partial charge in [-0.2, -0.15) is 0 Å². The van der Waals surface area contributed by atoms with Crippen molar-refractivity contribution < 1.29 is 9.53 Å². The van der Waals surface area contributed by atoms with Crippen LogP contribution in [0.25, 0.3) is 0 Å². The Morgan fingerprint density at radius 2 is 2.33 bits per heavy atom.